The molecule has 0 fully saturated rings. The van der Waals surface area contributed by atoms with E-state index in [-0.39, 0.29) is 11.6 Å². The second-order valence-corrected chi connectivity index (χ2v) is 3.00. The van der Waals surface area contributed by atoms with E-state index in [9.17, 15) is 5.11 Å². The van der Waals surface area contributed by atoms with Crippen LogP contribution >= 0.6 is 11.6 Å². The maximum Gasteiger partial charge on any atom is 0.218 e. The summed E-state index contributed by atoms with van der Waals surface area (Å²) in [5.74, 6) is -0.127. The number of para-hydroxylation sites is 1. The Kier molecular flexibility index (Phi) is 1.70. The molecule has 4 nitrogen and oxygen atoms in total. The first-order valence-electron chi connectivity index (χ1n) is 3.60. The second-order valence-electron chi connectivity index (χ2n) is 2.60. The molecule has 0 unspecified atom stereocenters. The molecule has 3 N–H and O–H groups in total. The number of hydrogen-bond donors (Lipinski definition) is 3. The number of nitrogens with one attached hydrogen (secondary N) is 2. The lowest BCUT2D eigenvalue weighted by Gasteiger charge is -1.91. The van der Waals surface area contributed by atoms with Crippen LogP contribution in [-0.4, -0.2) is 10.1 Å². The first kappa shape index (κ1) is 8.07. The van der Waals surface area contributed by atoms with Gasteiger partial charge in [-0.05, 0) is 6.07 Å². The molecule has 2 aromatic rings. The van der Waals surface area contributed by atoms with E-state index in [1.165, 1.54) is 0 Å². The van der Waals surface area contributed by atoms with Crippen LogP contribution in [0, 0.1) is 5.53 Å². The van der Waals surface area contributed by atoms with Gasteiger partial charge in [0.1, 0.15) is 0 Å². The zero-order chi connectivity index (χ0) is 9.42. The molecule has 0 radical (unpaired) electrons. The third-order valence-electron chi connectivity index (χ3n) is 1.85. The number of aromatic amines is 1. The van der Waals surface area contributed by atoms with Gasteiger partial charge in [-0.25, -0.2) is 5.53 Å². The van der Waals surface area contributed by atoms with E-state index < -0.39 is 0 Å². The van der Waals surface area contributed by atoms with E-state index in [0.29, 0.717) is 15.9 Å². The molecule has 0 atom stereocenters. The van der Waals surface area contributed by atoms with Gasteiger partial charge < -0.3 is 10.1 Å². The van der Waals surface area contributed by atoms with Crippen LogP contribution in [0.2, 0.25) is 5.02 Å². The Balaban J connectivity index is 2.93. The molecule has 0 saturated heterocycles. The van der Waals surface area contributed by atoms with Crippen molar-refractivity contribution in [3.05, 3.63) is 23.2 Å². The van der Waals surface area contributed by atoms with Crippen molar-refractivity contribution >= 4 is 28.2 Å². The average molecular weight is 196 g/mol. The topological polar surface area (TPSA) is 72.2 Å². The minimum Gasteiger partial charge on any atom is -0.493 e. The normalized spacial score (nSPS) is 10.5. The highest BCUT2D eigenvalue weighted by atomic mass is 35.5. The van der Waals surface area contributed by atoms with Crippen LogP contribution in [0.3, 0.4) is 0 Å². The summed E-state index contributed by atoms with van der Waals surface area (Å²) >= 11 is 5.85. The monoisotopic (exact) mass is 195 g/mol. The average Bonchev–Trinajstić information content (AvgIpc) is 2.43. The molecule has 0 bridgehead atoms. The van der Waals surface area contributed by atoms with Crippen LogP contribution in [0.5, 0.6) is 5.88 Å². The summed E-state index contributed by atoms with van der Waals surface area (Å²) in [7, 11) is 0. The Labute approximate surface area is 78.7 Å². The summed E-state index contributed by atoms with van der Waals surface area (Å²) in [4.78, 5) is 2.66. The molecule has 1 heterocycles. The van der Waals surface area contributed by atoms with Crippen molar-refractivity contribution in [2.24, 2.45) is 5.11 Å². The summed E-state index contributed by atoms with van der Waals surface area (Å²) in [6, 6.07) is 5.19. The number of nitrogens with zero attached hydrogens (tertiary/aromatic N) is 1. The first-order valence-corrected chi connectivity index (χ1v) is 3.98. The summed E-state index contributed by atoms with van der Waals surface area (Å²) < 4.78 is 0. The number of fused-ring (bicyclic) bond motifs is 1. The van der Waals surface area contributed by atoms with Crippen molar-refractivity contribution in [2.45, 2.75) is 0 Å². The van der Waals surface area contributed by atoms with Crippen LogP contribution in [-0.2, 0) is 0 Å². The van der Waals surface area contributed by atoms with Gasteiger partial charge in [-0.3, -0.25) is 0 Å². The molecule has 0 aliphatic heterocycles. The fourth-order valence-corrected chi connectivity index (χ4v) is 1.49. The molecule has 0 saturated carbocycles. The van der Waals surface area contributed by atoms with Gasteiger partial charge in [0.05, 0.1) is 10.5 Å². The molecular weight excluding hydrogens is 190 g/mol. The molecule has 0 spiro atoms. The van der Waals surface area contributed by atoms with Crippen molar-refractivity contribution < 1.29 is 5.11 Å². The lowest BCUT2D eigenvalue weighted by molar-refractivity contribution is 0.459. The number of aromatic nitrogens is 1. The molecule has 1 aromatic carbocycles. The lowest BCUT2D eigenvalue weighted by Crippen LogP contribution is -1.68. The minimum absolute atomic E-state index is 0.127. The Hall–Kier alpha value is -1.55. The summed E-state index contributed by atoms with van der Waals surface area (Å²) in [5, 5.41) is 13.7. The molecule has 0 amide bonds. The van der Waals surface area contributed by atoms with Crippen molar-refractivity contribution in [1.82, 2.24) is 4.98 Å². The molecule has 0 aliphatic rings. The zero-order valence-electron chi connectivity index (χ0n) is 6.50. The van der Waals surface area contributed by atoms with Crippen molar-refractivity contribution in [1.29, 1.82) is 5.53 Å². The number of halogens is 1. The predicted molar refractivity (Wildman–Crippen MR) is 49.8 cm³/mol. The van der Waals surface area contributed by atoms with E-state index >= 15 is 0 Å². The van der Waals surface area contributed by atoms with E-state index in [2.05, 4.69) is 10.1 Å². The van der Waals surface area contributed by atoms with Gasteiger partial charge in [-0.1, -0.05) is 23.7 Å². The fourth-order valence-electron chi connectivity index (χ4n) is 1.27. The molecule has 2 rings (SSSR count). The Morgan fingerprint density at radius 2 is 2.23 bits per heavy atom. The fraction of sp³-hybridized carbons (Fsp3) is 0. The van der Waals surface area contributed by atoms with Crippen LogP contribution < -0.4 is 0 Å². The summed E-state index contributed by atoms with van der Waals surface area (Å²) in [6.07, 6.45) is 0. The van der Waals surface area contributed by atoms with Crippen LogP contribution in [0.25, 0.3) is 10.9 Å². The SMILES string of the molecule is N=Nc1c(O)[nH]c2c(Cl)cccc12. The Morgan fingerprint density at radius 3 is 2.92 bits per heavy atom. The molecule has 66 valence electrons. The highest BCUT2D eigenvalue weighted by molar-refractivity contribution is 6.35. The number of rotatable bonds is 1. The summed E-state index contributed by atoms with van der Waals surface area (Å²) in [5.41, 5.74) is 7.68. The third kappa shape index (κ3) is 1.07. The van der Waals surface area contributed by atoms with Gasteiger partial charge in [0.15, 0.2) is 5.69 Å². The van der Waals surface area contributed by atoms with E-state index in [1.807, 2.05) is 0 Å². The smallest absolute Gasteiger partial charge is 0.218 e. The van der Waals surface area contributed by atoms with Crippen LogP contribution in [0.15, 0.2) is 23.3 Å². The number of H-pyrrole nitrogens is 1. The largest absolute Gasteiger partial charge is 0.493 e. The molecule has 1 aromatic heterocycles. The highest BCUT2D eigenvalue weighted by Crippen LogP contribution is 2.37. The van der Waals surface area contributed by atoms with Crippen molar-refractivity contribution in [2.75, 3.05) is 0 Å². The maximum absolute atomic E-state index is 9.33. The second kappa shape index (κ2) is 2.74. The molecule has 5 heteroatoms. The van der Waals surface area contributed by atoms with Crippen molar-refractivity contribution in [3.63, 3.8) is 0 Å². The lowest BCUT2D eigenvalue weighted by atomic mass is 10.2. The van der Waals surface area contributed by atoms with Crippen molar-refractivity contribution in [3.8, 4) is 5.88 Å². The number of hydrogen-bond acceptors (Lipinski definition) is 3. The number of benzene rings is 1. The van der Waals surface area contributed by atoms with Crippen LogP contribution in [0.1, 0.15) is 0 Å². The van der Waals surface area contributed by atoms with Gasteiger partial charge in [0.2, 0.25) is 5.88 Å². The third-order valence-corrected chi connectivity index (χ3v) is 2.16. The Morgan fingerprint density at radius 1 is 1.46 bits per heavy atom. The molecular formula is C8H6ClN3O. The molecule has 0 aliphatic carbocycles. The maximum atomic E-state index is 9.33. The van der Waals surface area contributed by atoms with E-state index in [1.54, 1.807) is 18.2 Å². The minimum atomic E-state index is -0.127. The first-order chi connectivity index (χ1) is 6.24. The van der Waals surface area contributed by atoms with Gasteiger partial charge >= 0.3 is 0 Å². The molecule has 13 heavy (non-hydrogen) atoms. The van der Waals surface area contributed by atoms with E-state index in [4.69, 9.17) is 17.1 Å². The van der Waals surface area contributed by atoms with Gasteiger partial charge in [0, 0.05) is 5.39 Å². The number of aromatic hydroxyl groups is 1. The highest BCUT2D eigenvalue weighted by Gasteiger charge is 2.11. The van der Waals surface area contributed by atoms with Crippen LogP contribution in [0.4, 0.5) is 5.69 Å². The van der Waals surface area contributed by atoms with Gasteiger partial charge in [-0.15, -0.1) is 0 Å². The Bertz CT molecular complexity index is 477. The zero-order valence-corrected chi connectivity index (χ0v) is 7.26. The predicted octanol–water partition coefficient (Wildman–Crippen LogP) is 3.19. The quantitative estimate of drug-likeness (QED) is 0.601. The van der Waals surface area contributed by atoms with E-state index in [0.717, 1.165) is 0 Å². The van der Waals surface area contributed by atoms with Gasteiger partial charge in [-0.2, -0.15) is 5.11 Å². The van der Waals surface area contributed by atoms with Gasteiger partial charge in [0.25, 0.3) is 0 Å². The summed E-state index contributed by atoms with van der Waals surface area (Å²) in [6.45, 7) is 0. The standard InChI is InChI=1S/C8H6ClN3O/c9-5-3-1-2-4-6(5)11-8(13)7(4)12-10/h1-3,10-11,13H.